The number of ether oxygens (including phenoxy) is 1. The monoisotopic (exact) mass is 365 g/mol. The maximum Gasteiger partial charge on any atom is 0.336 e. The maximum absolute atomic E-state index is 11.6. The van der Waals surface area contributed by atoms with Crippen molar-refractivity contribution in [3.63, 3.8) is 0 Å². The second-order valence-electron chi connectivity index (χ2n) is 6.12. The van der Waals surface area contributed by atoms with E-state index >= 15 is 0 Å². The molecule has 9 nitrogen and oxygen atoms in total. The molecule has 1 fully saturated rings. The third kappa shape index (κ3) is 3.22. The second kappa shape index (κ2) is 7.14. The van der Waals surface area contributed by atoms with E-state index in [2.05, 4.69) is 4.99 Å². The molecule has 1 aromatic carbocycles. The van der Waals surface area contributed by atoms with Gasteiger partial charge in [-0.25, -0.2) is 4.79 Å². The SMILES string of the molecule is Cc1cc(=O)oc2c(C=N[C@@H]3[C@@H](O)[C@H](O)[C@@H](CO)O[C@@H]3O)c(O)ccc12. The molecule has 5 N–H and O–H groups in total. The molecule has 1 aliphatic heterocycles. The van der Waals surface area contributed by atoms with Crippen LogP contribution < -0.4 is 5.63 Å². The largest absolute Gasteiger partial charge is 0.507 e. The average molecular weight is 365 g/mol. The lowest BCUT2D eigenvalue weighted by Crippen LogP contribution is -2.57. The highest BCUT2D eigenvalue weighted by atomic mass is 16.6. The van der Waals surface area contributed by atoms with E-state index < -0.39 is 42.9 Å². The van der Waals surface area contributed by atoms with Crippen molar-refractivity contribution in [3.8, 4) is 5.75 Å². The molecule has 1 saturated heterocycles. The highest BCUT2D eigenvalue weighted by Gasteiger charge is 2.43. The molecule has 9 heteroatoms. The molecule has 0 saturated carbocycles. The summed E-state index contributed by atoms with van der Waals surface area (Å²) in [5.41, 5.74) is 0.237. The minimum atomic E-state index is -1.58. The normalized spacial score (nSPS) is 29.5. The van der Waals surface area contributed by atoms with Crippen molar-refractivity contribution < 1.29 is 34.7 Å². The van der Waals surface area contributed by atoms with E-state index in [4.69, 9.17) is 14.3 Å². The molecule has 1 aromatic heterocycles. The number of hydrogen-bond donors (Lipinski definition) is 5. The Bertz CT molecular complexity index is 892. The van der Waals surface area contributed by atoms with Crippen molar-refractivity contribution in [2.75, 3.05) is 6.61 Å². The van der Waals surface area contributed by atoms with Gasteiger partial charge in [0, 0.05) is 17.7 Å². The summed E-state index contributed by atoms with van der Waals surface area (Å²) in [4.78, 5) is 15.6. The predicted molar refractivity (Wildman–Crippen MR) is 90.2 cm³/mol. The first-order valence-electron chi connectivity index (χ1n) is 7.93. The summed E-state index contributed by atoms with van der Waals surface area (Å²) in [5, 5.41) is 49.7. The standard InChI is InChI=1S/C17H19NO8/c1-7-4-12(21)26-16-8(7)2-3-10(20)9(16)5-18-13-15(23)14(22)11(6-19)25-17(13)24/h2-5,11,13-15,17,19-20,22-24H,6H2,1H3/t11-,13-,14-,15-,17+/m1/s1. The van der Waals surface area contributed by atoms with E-state index in [0.29, 0.717) is 10.9 Å². The third-order valence-corrected chi connectivity index (χ3v) is 4.38. The average Bonchev–Trinajstić information content (AvgIpc) is 2.59. The van der Waals surface area contributed by atoms with Crippen LogP contribution in [-0.4, -0.2) is 69.0 Å². The molecule has 1 aliphatic rings. The highest BCUT2D eigenvalue weighted by Crippen LogP contribution is 2.28. The van der Waals surface area contributed by atoms with Crippen molar-refractivity contribution in [1.82, 2.24) is 0 Å². The molecule has 0 spiro atoms. The van der Waals surface area contributed by atoms with Gasteiger partial charge in [0.05, 0.1) is 12.2 Å². The fourth-order valence-electron chi connectivity index (χ4n) is 2.92. The number of phenolic OH excluding ortho intramolecular Hbond substituents is 1. The van der Waals surface area contributed by atoms with Crippen molar-refractivity contribution in [1.29, 1.82) is 0 Å². The summed E-state index contributed by atoms with van der Waals surface area (Å²) >= 11 is 0. The summed E-state index contributed by atoms with van der Waals surface area (Å²) in [5.74, 6) is -0.218. The number of phenols is 1. The van der Waals surface area contributed by atoms with Gasteiger partial charge in [-0.05, 0) is 24.6 Å². The molecule has 0 bridgehead atoms. The van der Waals surface area contributed by atoms with Crippen LogP contribution in [-0.2, 0) is 4.74 Å². The maximum atomic E-state index is 11.6. The Morgan fingerprint density at radius 1 is 1.23 bits per heavy atom. The first-order chi connectivity index (χ1) is 12.3. The van der Waals surface area contributed by atoms with Crippen LogP contribution in [0.5, 0.6) is 5.75 Å². The van der Waals surface area contributed by atoms with Crippen LogP contribution in [0.3, 0.4) is 0 Å². The number of benzene rings is 1. The van der Waals surface area contributed by atoms with E-state index in [1.807, 2.05) is 0 Å². The first kappa shape index (κ1) is 18.5. The van der Waals surface area contributed by atoms with Crippen LogP contribution in [0.1, 0.15) is 11.1 Å². The summed E-state index contributed by atoms with van der Waals surface area (Å²) in [6, 6.07) is 3.04. The lowest BCUT2D eigenvalue weighted by molar-refractivity contribution is -0.248. The van der Waals surface area contributed by atoms with Gasteiger partial charge in [0.2, 0.25) is 0 Å². The highest BCUT2D eigenvalue weighted by molar-refractivity contribution is 6.00. The lowest BCUT2D eigenvalue weighted by atomic mass is 9.97. The van der Waals surface area contributed by atoms with Crippen LogP contribution in [0.25, 0.3) is 11.0 Å². The lowest BCUT2D eigenvalue weighted by Gasteiger charge is -2.38. The smallest absolute Gasteiger partial charge is 0.336 e. The van der Waals surface area contributed by atoms with E-state index in [-0.39, 0.29) is 16.9 Å². The Labute approximate surface area is 147 Å². The Kier molecular flexibility index (Phi) is 5.08. The molecule has 0 unspecified atom stereocenters. The van der Waals surface area contributed by atoms with E-state index in [1.54, 1.807) is 13.0 Å². The van der Waals surface area contributed by atoms with Gasteiger partial charge >= 0.3 is 5.63 Å². The van der Waals surface area contributed by atoms with Gasteiger partial charge in [-0.15, -0.1) is 0 Å². The van der Waals surface area contributed by atoms with E-state index in [9.17, 15) is 25.2 Å². The number of hydrogen-bond acceptors (Lipinski definition) is 9. The van der Waals surface area contributed by atoms with Gasteiger partial charge < -0.3 is 34.7 Å². The van der Waals surface area contributed by atoms with Gasteiger partial charge in [0.25, 0.3) is 0 Å². The molecular formula is C17H19NO8. The molecule has 0 aliphatic carbocycles. The van der Waals surface area contributed by atoms with Crippen molar-refractivity contribution in [3.05, 3.63) is 39.7 Å². The summed E-state index contributed by atoms with van der Waals surface area (Å²) in [6.07, 6.45) is -4.54. The zero-order valence-corrected chi connectivity index (χ0v) is 13.8. The zero-order chi connectivity index (χ0) is 19.0. The fraction of sp³-hybridized carbons (Fsp3) is 0.412. The zero-order valence-electron chi connectivity index (χ0n) is 13.8. The first-order valence-corrected chi connectivity index (χ1v) is 7.93. The minimum absolute atomic E-state index is 0.0847. The summed E-state index contributed by atoms with van der Waals surface area (Å²) < 4.78 is 10.2. The van der Waals surface area contributed by atoms with Crippen molar-refractivity contribution in [2.45, 2.75) is 37.6 Å². The van der Waals surface area contributed by atoms with E-state index in [0.717, 1.165) is 6.21 Å². The van der Waals surface area contributed by atoms with Crippen molar-refractivity contribution in [2.24, 2.45) is 4.99 Å². The third-order valence-electron chi connectivity index (χ3n) is 4.38. The van der Waals surface area contributed by atoms with Crippen LogP contribution >= 0.6 is 0 Å². The number of rotatable bonds is 3. The topological polar surface area (TPSA) is 153 Å². The van der Waals surface area contributed by atoms with Gasteiger partial charge in [-0.1, -0.05) is 0 Å². The van der Waals surface area contributed by atoms with Gasteiger partial charge in [-0.3, -0.25) is 4.99 Å². The van der Waals surface area contributed by atoms with Crippen LogP contribution in [0.15, 0.2) is 32.4 Å². The molecule has 0 radical (unpaired) electrons. The fourth-order valence-corrected chi connectivity index (χ4v) is 2.92. The Morgan fingerprint density at radius 3 is 2.65 bits per heavy atom. The molecule has 2 heterocycles. The van der Waals surface area contributed by atoms with Gasteiger partial charge in [0.1, 0.15) is 30.1 Å². The Balaban J connectivity index is 2.01. The van der Waals surface area contributed by atoms with Crippen LogP contribution in [0.2, 0.25) is 0 Å². The summed E-state index contributed by atoms with van der Waals surface area (Å²) in [7, 11) is 0. The van der Waals surface area contributed by atoms with E-state index in [1.165, 1.54) is 12.1 Å². The van der Waals surface area contributed by atoms with Gasteiger partial charge in [0.15, 0.2) is 11.9 Å². The molecule has 2 aromatic rings. The molecule has 0 amide bonds. The molecule has 5 atom stereocenters. The molecular weight excluding hydrogens is 346 g/mol. The Hall–Kier alpha value is -2.30. The molecule has 140 valence electrons. The Morgan fingerprint density at radius 2 is 1.96 bits per heavy atom. The van der Waals surface area contributed by atoms with Gasteiger partial charge in [-0.2, -0.15) is 0 Å². The molecule has 3 rings (SSSR count). The number of aryl methyl sites for hydroxylation is 1. The predicted octanol–water partition coefficient (Wildman–Crippen LogP) is -0.974. The minimum Gasteiger partial charge on any atom is -0.507 e. The summed E-state index contributed by atoms with van der Waals surface area (Å²) in [6.45, 7) is 1.13. The second-order valence-corrected chi connectivity index (χ2v) is 6.12. The van der Waals surface area contributed by atoms with Crippen molar-refractivity contribution >= 4 is 17.2 Å². The quantitative estimate of drug-likeness (QED) is 0.344. The number of aliphatic imine (C=N–C) groups is 1. The van der Waals surface area contributed by atoms with Crippen LogP contribution in [0.4, 0.5) is 0 Å². The van der Waals surface area contributed by atoms with Crippen LogP contribution in [0, 0.1) is 6.92 Å². The number of nitrogens with zero attached hydrogens (tertiary/aromatic N) is 1. The number of aliphatic hydroxyl groups excluding tert-OH is 4. The number of aliphatic hydroxyl groups is 4. The number of aromatic hydroxyl groups is 1. The number of fused-ring (bicyclic) bond motifs is 1. The molecule has 26 heavy (non-hydrogen) atoms.